The van der Waals surface area contributed by atoms with Crippen molar-refractivity contribution in [1.82, 2.24) is 19.7 Å². The van der Waals surface area contributed by atoms with Gasteiger partial charge >= 0.3 is 5.69 Å². The van der Waals surface area contributed by atoms with Crippen molar-refractivity contribution < 1.29 is 9.18 Å². The van der Waals surface area contributed by atoms with Crippen LogP contribution in [0.25, 0.3) is 5.69 Å². The maximum Gasteiger partial charge on any atom is 0.352 e. The standard InChI is InChI=1S/C21H18ClFN4O3/c22-15-4-2-6-17(10-15)27-21(30)26(12-14-3-1-5-16(23)9-14)20(29)18(25-27)19(28)24-11-13-7-8-13/h1-6,9-10,13H,7-8,11-12H2,(H,24,28). The van der Waals surface area contributed by atoms with Crippen molar-refractivity contribution in [2.24, 2.45) is 5.92 Å². The first-order chi connectivity index (χ1) is 14.4. The van der Waals surface area contributed by atoms with Crippen LogP contribution in [0.2, 0.25) is 5.02 Å². The normalized spacial score (nSPS) is 13.3. The largest absolute Gasteiger partial charge is 0.352 e. The fourth-order valence-electron chi connectivity index (χ4n) is 3.03. The summed E-state index contributed by atoms with van der Waals surface area (Å²) in [7, 11) is 0. The average molecular weight is 429 g/mol. The lowest BCUT2D eigenvalue weighted by molar-refractivity contribution is 0.0942. The van der Waals surface area contributed by atoms with Gasteiger partial charge in [0.2, 0.25) is 5.69 Å². The molecule has 1 aromatic heterocycles. The zero-order valence-corrected chi connectivity index (χ0v) is 16.6. The molecule has 0 radical (unpaired) electrons. The van der Waals surface area contributed by atoms with Gasteiger partial charge in [0.25, 0.3) is 11.5 Å². The molecule has 0 unspecified atom stereocenters. The van der Waals surface area contributed by atoms with E-state index >= 15 is 0 Å². The Morgan fingerprint density at radius 1 is 1.17 bits per heavy atom. The molecule has 1 saturated carbocycles. The molecular weight excluding hydrogens is 411 g/mol. The maximum atomic E-state index is 13.6. The Balaban J connectivity index is 1.83. The summed E-state index contributed by atoms with van der Waals surface area (Å²) in [5.74, 6) is -0.745. The summed E-state index contributed by atoms with van der Waals surface area (Å²) in [5.41, 5.74) is -1.30. The van der Waals surface area contributed by atoms with Gasteiger partial charge in [-0.3, -0.25) is 14.2 Å². The first kappa shape index (κ1) is 20.0. The molecule has 0 saturated heterocycles. The Morgan fingerprint density at radius 3 is 2.63 bits per heavy atom. The third-order valence-electron chi connectivity index (χ3n) is 4.81. The van der Waals surface area contributed by atoms with Gasteiger partial charge in [0, 0.05) is 11.6 Å². The van der Waals surface area contributed by atoms with Crippen molar-refractivity contribution in [3.05, 3.63) is 91.5 Å². The summed E-state index contributed by atoms with van der Waals surface area (Å²) < 4.78 is 15.4. The number of aromatic nitrogens is 3. The van der Waals surface area contributed by atoms with Crippen molar-refractivity contribution in [2.75, 3.05) is 6.54 Å². The molecular formula is C21H18ClFN4O3. The summed E-state index contributed by atoms with van der Waals surface area (Å²) >= 11 is 6.03. The van der Waals surface area contributed by atoms with Crippen molar-refractivity contribution in [3.8, 4) is 5.69 Å². The van der Waals surface area contributed by atoms with E-state index in [1.807, 2.05) is 0 Å². The highest BCUT2D eigenvalue weighted by Gasteiger charge is 2.25. The molecule has 1 aliphatic carbocycles. The lowest BCUT2D eigenvalue weighted by atomic mass is 10.2. The predicted molar refractivity (Wildman–Crippen MR) is 110 cm³/mol. The van der Waals surface area contributed by atoms with Crippen molar-refractivity contribution >= 4 is 17.5 Å². The zero-order chi connectivity index (χ0) is 21.3. The van der Waals surface area contributed by atoms with Gasteiger partial charge in [-0.15, -0.1) is 0 Å². The van der Waals surface area contributed by atoms with Crippen molar-refractivity contribution in [2.45, 2.75) is 19.4 Å². The van der Waals surface area contributed by atoms with Gasteiger partial charge in [0.15, 0.2) is 0 Å². The summed E-state index contributed by atoms with van der Waals surface area (Å²) in [6.45, 7) is 0.238. The van der Waals surface area contributed by atoms with Gasteiger partial charge < -0.3 is 5.32 Å². The third-order valence-corrected chi connectivity index (χ3v) is 5.04. The fourth-order valence-corrected chi connectivity index (χ4v) is 3.22. The van der Waals surface area contributed by atoms with Gasteiger partial charge in [0.05, 0.1) is 12.2 Å². The number of hydrogen-bond donors (Lipinski definition) is 1. The minimum absolute atomic E-state index is 0.207. The Labute approximate surface area is 175 Å². The van der Waals surface area contributed by atoms with E-state index in [0.29, 0.717) is 28.7 Å². The first-order valence-electron chi connectivity index (χ1n) is 9.45. The Bertz CT molecular complexity index is 1230. The van der Waals surface area contributed by atoms with Crippen LogP contribution >= 0.6 is 11.6 Å². The number of rotatable bonds is 6. The van der Waals surface area contributed by atoms with Crippen LogP contribution in [-0.2, 0) is 6.54 Å². The molecule has 3 aromatic rings. The van der Waals surface area contributed by atoms with Crippen molar-refractivity contribution in [1.29, 1.82) is 0 Å². The molecule has 1 amide bonds. The molecule has 0 aliphatic heterocycles. The Kier molecular flexibility index (Phi) is 5.50. The molecule has 154 valence electrons. The number of benzene rings is 2. The summed E-state index contributed by atoms with van der Waals surface area (Å²) in [6, 6.07) is 11.9. The smallest absolute Gasteiger partial charge is 0.350 e. The number of carbonyl (C=O) groups is 1. The number of nitrogens with zero attached hydrogens (tertiary/aromatic N) is 3. The van der Waals surface area contributed by atoms with E-state index in [1.165, 1.54) is 24.3 Å². The molecule has 0 spiro atoms. The second-order valence-corrected chi connectivity index (χ2v) is 7.63. The lowest BCUT2D eigenvalue weighted by Gasteiger charge is -2.12. The number of hydrogen-bond acceptors (Lipinski definition) is 4. The van der Waals surface area contributed by atoms with Gasteiger partial charge in [-0.05, 0) is 54.7 Å². The predicted octanol–water partition coefficient (Wildman–Crippen LogP) is 2.37. The van der Waals surface area contributed by atoms with Crippen LogP contribution in [0.1, 0.15) is 28.9 Å². The molecule has 1 N–H and O–H groups in total. The number of nitrogens with one attached hydrogen (secondary N) is 1. The SMILES string of the molecule is O=C(NCC1CC1)c1nn(-c2cccc(Cl)c2)c(=O)n(Cc2cccc(F)c2)c1=O. The third kappa shape index (κ3) is 4.33. The second kappa shape index (κ2) is 8.23. The Hall–Kier alpha value is -3.26. The van der Waals surface area contributed by atoms with Crippen LogP contribution in [0.3, 0.4) is 0 Å². The van der Waals surface area contributed by atoms with Gasteiger partial charge in [-0.25, -0.2) is 9.18 Å². The van der Waals surface area contributed by atoms with Crippen LogP contribution < -0.4 is 16.6 Å². The van der Waals surface area contributed by atoms with Crippen LogP contribution in [0.15, 0.2) is 58.1 Å². The van der Waals surface area contributed by atoms with E-state index in [2.05, 4.69) is 10.4 Å². The highest BCUT2D eigenvalue weighted by molar-refractivity contribution is 6.30. The van der Waals surface area contributed by atoms with Gasteiger partial charge in [-0.1, -0.05) is 29.8 Å². The molecule has 0 bridgehead atoms. The lowest BCUT2D eigenvalue weighted by Crippen LogP contribution is -2.46. The van der Waals surface area contributed by atoms with Crippen LogP contribution in [0.5, 0.6) is 0 Å². The quantitative estimate of drug-likeness (QED) is 0.653. The molecule has 2 aromatic carbocycles. The first-order valence-corrected chi connectivity index (χ1v) is 9.83. The Morgan fingerprint density at radius 2 is 1.93 bits per heavy atom. The van der Waals surface area contributed by atoms with Crippen LogP contribution in [0.4, 0.5) is 4.39 Å². The van der Waals surface area contributed by atoms with E-state index in [0.717, 1.165) is 22.1 Å². The van der Waals surface area contributed by atoms with Crippen LogP contribution in [0, 0.1) is 11.7 Å². The minimum Gasteiger partial charge on any atom is -0.350 e. The van der Waals surface area contributed by atoms with Gasteiger partial charge in [-0.2, -0.15) is 9.78 Å². The molecule has 0 atom stereocenters. The monoisotopic (exact) mass is 428 g/mol. The molecule has 9 heteroatoms. The second-order valence-electron chi connectivity index (χ2n) is 7.20. The highest BCUT2D eigenvalue weighted by Crippen LogP contribution is 2.27. The van der Waals surface area contributed by atoms with E-state index in [9.17, 15) is 18.8 Å². The van der Waals surface area contributed by atoms with E-state index in [1.54, 1.807) is 24.3 Å². The van der Waals surface area contributed by atoms with Crippen LogP contribution in [-0.4, -0.2) is 26.8 Å². The molecule has 1 heterocycles. The van der Waals surface area contributed by atoms with E-state index in [4.69, 9.17) is 11.6 Å². The van der Waals surface area contributed by atoms with E-state index < -0.39 is 28.7 Å². The number of amides is 1. The maximum absolute atomic E-state index is 13.6. The number of halogens is 2. The summed E-state index contributed by atoms with van der Waals surface area (Å²) in [6.07, 6.45) is 2.05. The molecule has 4 rings (SSSR count). The highest BCUT2D eigenvalue weighted by atomic mass is 35.5. The number of carbonyl (C=O) groups excluding carboxylic acids is 1. The minimum atomic E-state index is -0.837. The van der Waals surface area contributed by atoms with E-state index in [-0.39, 0.29) is 6.54 Å². The zero-order valence-electron chi connectivity index (χ0n) is 15.8. The molecule has 30 heavy (non-hydrogen) atoms. The molecule has 1 fully saturated rings. The summed E-state index contributed by atoms with van der Waals surface area (Å²) in [5, 5.41) is 7.09. The molecule has 1 aliphatic rings. The average Bonchev–Trinajstić information content (AvgIpc) is 3.54. The topological polar surface area (TPSA) is 86.0 Å². The van der Waals surface area contributed by atoms with Crippen molar-refractivity contribution in [3.63, 3.8) is 0 Å². The summed E-state index contributed by atoms with van der Waals surface area (Å²) in [4.78, 5) is 38.6. The fraction of sp³-hybridized carbons (Fsp3) is 0.238. The van der Waals surface area contributed by atoms with Gasteiger partial charge in [0.1, 0.15) is 5.82 Å². The molecule has 7 nitrogen and oxygen atoms in total.